The monoisotopic (exact) mass is 437 g/mol. The van der Waals surface area contributed by atoms with Crippen molar-refractivity contribution in [3.05, 3.63) is 71.7 Å². The van der Waals surface area contributed by atoms with Crippen LogP contribution in [0.4, 0.5) is 4.39 Å². The Balaban J connectivity index is 1.75. The molecule has 5 nitrogen and oxygen atoms in total. The third kappa shape index (κ3) is 5.37. The van der Waals surface area contributed by atoms with Crippen molar-refractivity contribution in [2.24, 2.45) is 5.92 Å². The van der Waals surface area contributed by atoms with Crippen molar-refractivity contribution in [1.29, 1.82) is 0 Å². The number of ether oxygens (including phenoxy) is 1. The normalized spacial score (nSPS) is 14.7. The number of nitrogens with zero attached hydrogens (tertiary/aromatic N) is 3. The molecule has 2 aromatic carbocycles. The molecule has 1 aliphatic rings. The van der Waals surface area contributed by atoms with E-state index in [1.165, 1.54) is 18.9 Å². The highest BCUT2D eigenvalue weighted by Gasteiger charge is 2.28. The third-order valence-corrected chi connectivity index (χ3v) is 5.93. The summed E-state index contributed by atoms with van der Waals surface area (Å²) in [5, 5.41) is 15.2. The molecular weight excluding hydrogens is 405 g/mol. The predicted molar refractivity (Wildman–Crippen MR) is 124 cm³/mol. The fourth-order valence-electron chi connectivity index (χ4n) is 3.92. The number of para-hydroxylation sites is 2. The molecule has 170 valence electrons. The van der Waals surface area contributed by atoms with Gasteiger partial charge in [-0.15, -0.1) is 0 Å². The average molecular weight is 438 g/mol. The predicted octanol–water partition coefficient (Wildman–Crippen LogP) is 5.35. The van der Waals surface area contributed by atoms with E-state index in [1.54, 1.807) is 22.9 Å². The maximum Gasteiger partial charge on any atom is 0.227 e. The number of halogens is 1. The minimum absolute atomic E-state index is 0.177. The van der Waals surface area contributed by atoms with Gasteiger partial charge in [0.25, 0.3) is 0 Å². The van der Waals surface area contributed by atoms with Gasteiger partial charge >= 0.3 is 0 Å². The first-order valence-electron chi connectivity index (χ1n) is 11.6. The summed E-state index contributed by atoms with van der Waals surface area (Å²) in [5.74, 6) is 0.985. The minimum atomic E-state index is -0.409. The van der Waals surface area contributed by atoms with Gasteiger partial charge in [0, 0.05) is 19.6 Å². The van der Waals surface area contributed by atoms with Gasteiger partial charge in [-0.1, -0.05) is 44.2 Å². The lowest BCUT2D eigenvalue weighted by molar-refractivity contribution is 0.102. The maximum atomic E-state index is 14.5. The molecule has 0 amide bonds. The zero-order valence-corrected chi connectivity index (χ0v) is 18.9. The summed E-state index contributed by atoms with van der Waals surface area (Å²) in [7, 11) is 0. The summed E-state index contributed by atoms with van der Waals surface area (Å²) in [5.41, 5.74) is 2.73. The van der Waals surface area contributed by atoms with Crippen molar-refractivity contribution in [1.82, 2.24) is 14.7 Å². The van der Waals surface area contributed by atoms with Crippen molar-refractivity contribution in [3.63, 3.8) is 0 Å². The van der Waals surface area contributed by atoms with Gasteiger partial charge in [0.15, 0.2) is 11.6 Å². The molecule has 0 aliphatic heterocycles. The smallest absolute Gasteiger partial charge is 0.227 e. The van der Waals surface area contributed by atoms with Crippen LogP contribution < -0.4 is 4.74 Å². The molecule has 0 bridgehead atoms. The fourth-order valence-corrected chi connectivity index (χ4v) is 3.92. The molecule has 1 aliphatic carbocycles. The molecule has 6 heteroatoms. The van der Waals surface area contributed by atoms with Crippen LogP contribution in [-0.2, 0) is 13.0 Å². The summed E-state index contributed by atoms with van der Waals surface area (Å²) in [6.45, 7) is 6.22. The Morgan fingerprint density at radius 3 is 2.50 bits per heavy atom. The molecule has 1 heterocycles. The lowest BCUT2D eigenvalue weighted by Gasteiger charge is -2.25. The fraction of sp³-hybridized carbons (Fsp3) is 0.423. The number of aryl methyl sites for hydroxylation is 1. The largest absolute Gasteiger partial charge is 0.435 e. The van der Waals surface area contributed by atoms with Crippen LogP contribution in [0.1, 0.15) is 44.4 Å². The van der Waals surface area contributed by atoms with Crippen LogP contribution in [0, 0.1) is 11.7 Å². The topological polar surface area (TPSA) is 50.5 Å². The van der Waals surface area contributed by atoms with Crippen LogP contribution >= 0.6 is 0 Å². The van der Waals surface area contributed by atoms with Gasteiger partial charge in [-0.3, -0.25) is 4.90 Å². The van der Waals surface area contributed by atoms with E-state index in [4.69, 9.17) is 9.84 Å². The molecule has 0 unspecified atom stereocenters. The first kappa shape index (κ1) is 22.5. The van der Waals surface area contributed by atoms with Gasteiger partial charge in [-0.05, 0) is 55.9 Å². The summed E-state index contributed by atoms with van der Waals surface area (Å²) in [6.07, 6.45) is 3.54. The highest BCUT2D eigenvalue weighted by Crippen LogP contribution is 2.35. The van der Waals surface area contributed by atoms with Crippen LogP contribution in [0.25, 0.3) is 5.69 Å². The van der Waals surface area contributed by atoms with Crippen molar-refractivity contribution in [2.45, 2.75) is 52.2 Å². The van der Waals surface area contributed by atoms with Gasteiger partial charge in [0.05, 0.1) is 23.0 Å². The second-order valence-corrected chi connectivity index (χ2v) is 8.56. The number of aliphatic hydroxyl groups is 1. The lowest BCUT2D eigenvalue weighted by Crippen LogP contribution is -2.33. The van der Waals surface area contributed by atoms with Gasteiger partial charge in [0.2, 0.25) is 5.88 Å². The van der Waals surface area contributed by atoms with Crippen LogP contribution in [0.5, 0.6) is 11.6 Å². The highest BCUT2D eigenvalue weighted by atomic mass is 19.1. The molecule has 4 rings (SSSR count). The number of aliphatic hydroxyl groups excluding tert-OH is 1. The highest BCUT2D eigenvalue weighted by molar-refractivity contribution is 5.44. The van der Waals surface area contributed by atoms with E-state index in [-0.39, 0.29) is 11.9 Å². The van der Waals surface area contributed by atoms with Crippen molar-refractivity contribution >= 4 is 0 Å². The van der Waals surface area contributed by atoms with E-state index in [0.29, 0.717) is 31.3 Å². The van der Waals surface area contributed by atoms with Crippen LogP contribution in [0.15, 0.2) is 54.6 Å². The zero-order chi connectivity index (χ0) is 22.5. The standard InChI is InChI=1S/C26H32FN3O2/c1-3-21(31)17-29(16-19-14-15-19)18-22-24(4-2)28-30(20-10-6-5-7-11-20)26(22)32-25-13-9-8-12-23(25)27/h5-13,19,21,31H,3-4,14-18H2,1-2H3/t21-/m0/s1. The Labute approximate surface area is 189 Å². The Kier molecular flexibility index (Phi) is 7.22. The summed E-state index contributed by atoms with van der Waals surface area (Å²) >= 11 is 0. The van der Waals surface area contributed by atoms with E-state index in [9.17, 15) is 9.50 Å². The lowest BCUT2D eigenvalue weighted by atomic mass is 10.1. The first-order valence-corrected chi connectivity index (χ1v) is 11.6. The summed E-state index contributed by atoms with van der Waals surface area (Å²) < 4.78 is 22.5. The molecule has 1 fully saturated rings. The van der Waals surface area contributed by atoms with Crippen LogP contribution in [0.2, 0.25) is 0 Å². The molecule has 0 saturated heterocycles. The first-order chi connectivity index (χ1) is 15.6. The van der Waals surface area contributed by atoms with Crippen molar-refractivity contribution in [3.8, 4) is 17.3 Å². The number of aromatic nitrogens is 2. The Hall–Kier alpha value is -2.70. The quantitative estimate of drug-likeness (QED) is 0.439. The van der Waals surface area contributed by atoms with E-state index in [1.807, 2.05) is 37.3 Å². The molecular formula is C26H32FN3O2. The molecule has 32 heavy (non-hydrogen) atoms. The van der Waals surface area contributed by atoms with Gasteiger partial charge in [-0.2, -0.15) is 5.10 Å². The number of hydrogen-bond acceptors (Lipinski definition) is 4. The molecule has 1 atom stereocenters. The minimum Gasteiger partial charge on any atom is -0.435 e. The molecule has 0 spiro atoms. The van der Waals surface area contributed by atoms with E-state index in [0.717, 1.165) is 29.9 Å². The Morgan fingerprint density at radius 1 is 1.12 bits per heavy atom. The SMILES string of the molecule is CCc1nn(-c2ccccc2)c(Oc2ccccc2F)c1CN(CC1CC1)C[C@@H](O)CC. The Morgan fingerprint density at radius 2 is 1.84 bits per heavy atom. The number of hydrogen-bond donors (Lipinski definition) is 1. The second kappa shape index (κ2) is 10.3. The number of benzene rings is 2. The summed E-state index contributed by atoms with van der Waals surface area (Å²) in [6, 6.07) is 16.2. The second-order valence-electron chi connectivity index (χ2n) is 8.56. The number of rotatable bonds is 11. The van der Waals surface area contributed by atoms with Gasteiger partial charge in [-0.25, -0.2) is 9.07 Å². The maximum absolute atomic E-state index is 14.5. The van der Waals surface area contributed by atoms with Crippen molar-refractivity contribution in [2.75, 3.05) is 13.1 Å². The molecule has 1 N–H and O–H groups in total. The van der Waals surface area contributed by atoms with E-state index < -0.39 is 5.82 Å². The van der Waals surface area contributed by atoms with E-state index in [2.05, 4.69) is 11.8 Å². The average Bonchev–Trinajstić information content (AvgIpc) is 3.56. The van der Waals surface area contributed by atoms with E-state index >= 15 is 0 Å². The van der Waals surface area contributed by atoms with Gasteiger partial charge in [0.1, 0.15) is 0 Å². The van der Waals surface area contributed by atoms with Crippen molar-refractivity contribution < 1.29 is 14.2 Å². The summed E-state index contributed by atoms with van der Waals surface area (Å²) in [4.78, 5) is 2.30. The molecule has 1 saturated carbocycles. The van der Waals surface area contributed by atoms with Crippen LogP contribution in [0.3, 0.4) is 0 Å². The molecule has 0 radical (unpaired) electrons. The molecule has 1 aromatic heterocycles. The van der Waals surface area contributed by atoms with Crippen LogP contribution in [-0.4, -0.2) is 39.0 Å². The zero-order valence-electron chi connectivity index (χ0n) is 18.9. The molecule has 3 aromatic rings. The third-order valence-electron chi connectivity index (χ3n) is 5.93. The van der Waals surface area contributed by atoms with Gasteiger partial charge < -0.3 is 9.84 Å². The Bertz CT molecular complexity index is 1020.